The topological polar surface area (TPSA) is 134 Å². The molecule has 0 saturated heterocycles. The number of hydrogen-bond donors (Lipinski definition) is 2. The van der Waals surface area contributed by atoms with Crippen molar-refractivity contribution >= 4 is 19.8 Å². The predicted octanol–water partition coefficient (Wildman–Crippen LogP) is 12.8. The Morgan fingerprint density at radius 2 is 0.982 bits per heavy atom. The number of esters is 2. The third-order valence-electron chi connectivity index (χ3n) is 8.77. The third-order valence-corrected chi connectivity index (χ3v) is 9.75. The van der Waals surface area contributed by atoms with Crippen molar-refractivity contribution in [3.05, 3.63) is 85.1 Å². The molecule has 0 aromatic rings. The normalized spacial score (nSPS) is 14.1. The van der Waals surface area contributed by atoms with Crippen LogP contribution in [-0.4, -0.2) is 49.3 Å². The molecule has 3 N–H and O–H groups in total. The predicted molar refractivity (Wildman–Crippen MR) is 238 cm³/mol. The van der Waals surface area contributed by atoms with E-state index in [4.69, 9.17) is 24.3 Å². The third kappa shape index (κ3) is 42.6. The lowest BCUT2D eigenvalue weighted by atomic mass is 10.1. The van der Waals surface area contributed by atoms with Gasteiger partial charge in [0.05, 0.1) is 13.2 Å². The summed E-state index contributed by atoms with van der Waals surface area (Å²) in [6.45, 7) is 3.52. The molecule has 0 heterocycles. The number of hydrogen-bond acceptors (Lipinski definition) is 8. The molecule has 1 unspecified atom stereocenters. The van der Waals surface area contributed by atoms with Gasteiger partial charge >= 0.3 is 19.8 Å². The van der Waals surface area contributed by atoms with Gasteiger partial charge in [-0.05, 0) is 83.5 Å². The van der Waals surface area contributed by atoms with Crippen molar-refractivity contribution < 1.29 is 37.6 Å². The smallest absolute Gasteiger partial charge is 0.462 e. The molecule has 2 atom stereocenters. The van der Waals surface area contributed by atoms with E-state index in [9.17, 15) is 19.0 Å². The summed E-state index contributed by atoms with van der Waals surface area (Å²) in [5.74, 6) is -0.926. The first-order chi connectivity index (χ1) is 27.8. The number of unbranched alkanes of at least 4 members (excludes halogenated alkanes) is 13. The van der Waals surface area contributed by atoms with E-state index in [1.54, 1.807) is 0 Å². The van der Waals surface area contributed by atoms with Gasteiger partial charge in [0.15, 0.2) is 6.10 Å². The zero-order valence-electron chi connectivity index (χ0n) is 35.8. The van der Waals surface area contributed by atoms with Crippen LogP contribution in [0, 0.1) is 0 Å². The number of ether oxygens (including phenoxy) is 2. The second-order valence-electron chi connectivity index (χ2n) is 14.2. The maximum atomic E-state index is 12.6. The van der Waals surface area contributed by atoms with Gasteiger partial charge in [0, 0.05) is 19.4 Å². The highest BCUT2D eigenvalue weighted by Gasteiger charge is 2.25. The zero-order valence-corrected chi connectivity index (χ0v) is 36.7. The second kappa shape index (κ2) is 42.8. The molecule has 326 valence electrons. The molecule has 0 aliphatic heterocycles. The first kappa shape index (κ1) is 54.2. The van der Waals surface area contributed by atoms with Crippen molar-refractivity contribution in [3.63, 3.8) is 0 Å². The highest BCUT2D eigenvalue weighted by atomic mass is 31.2. The molecule has 0 fully saturated rings. The number of phosphoric ester groups is 1. The van der Waals surface area contributed by atoms with Crippen molar-refractivity contribution in [3.8, 4) is 0 Å². The summed E-state index contributed by atoms with van der Waals surface area (Å²) in [4.78, 5) is 34.9. The lowest BCUT2D eigenvalue weighted by Gasteiger charge is -2.19. The Morgan fingerprint density at radius 3 is 1.49 bits per heavy atom. The molecule has 0 spiro atoms. The van der Waals surface area contributed by atoms with E-state index in [0.29, 0.717) is 12.8 Å². The van der Waals surface area contributed by atoms with E-state index in [1.165, 1.54) is 57.8 Å². The van der Waals surface area contributed by atoms with Crippen LogP contribution in [0.5, 0.6) is 0 Å². The lowest BCUT2D eigenvalue weighted by molar-refractivity contribution is -0.161. The first-order valence-electron chi connectivity index (χ1n) is 22.1. The summed E-state index contributed by atoms with van der Waals surface area (Å²) in [6, 6.07) is 0. The number of allylic oxidation sites excluding steroid dienone is 14. The van der Waals surface area contributed by atoms with Crippen LogP contribution in [0.15, 0.2) is 85.1 Å². The monoisotopic (exact) mass is 818 g/mol. The van der Waals surface area contributed by atoms with Gasteiger partial charge in [0.1, 0.15) is 6.61 Å². The molecular weight excluding hydrogens is 737 g/mol. The Hall–Kier alpha value is -2.81. The summed E-state index contributed by atoms with van der Waals surface area (Å²) in [7, 11) is -4.40. The second-order valence-corrected chi connectivity index (χ2v) is 15.6. The molecule has 0 aliphatic carbocycles. The van der Waals surface area contributed by atoms with Gasteiger partial charge in [0.2, 0.25) is 0 Å². The Bertz CT molecular complexity index is 1210. The molecule has 57 heavy (non-hydrogen) atoms. The Balaban J connectivity index is 4.29. The summed E-state index contributed by atoms with van der Waals surface area (Å²) in [6.07, 6.45) is 53.4. The fourth-order valence-electron chi connectivity index (χ4n) is 5.52. The van der Waals surface area contributed by atoms with Crippen molar-refractivity contribution in [2.75, 3.05) is 26.4 Å². The fourth-order valence-corrected chi connectivity index (χ4v) is 6.29. The minimum atomic E-state index is -4.40. The van der Waals surface area contributed by atoms with Gasteiger partial charge in [0.25, 0.3) is 0 Å². The van der Waals surface area contributed by atoms with Crippen LogP contribution >= 0.6 is 7.82 Å². The van der Waals surface area contributed by atoms with Crippen molar-refractivity contribution in [2.24, 2.45) is 5.73 Å². The van der Waals surface area contributed by atoms with Gasteiger partial charge < -0.3 is 20.1 Å². The van der Waals surface area contributed by atoms with Gasteiger partial charge in [-0.25, -0.2) is 4.57 Å². The number of carbonyl (C=O) groups excluding carboxylic acids is 2. The zero-order chi connectivity index (χ0) is 41.8. The SMILES string of the molecule is CC/C=C/C/C=C/C/C=C/C/C=C/C/C=C/CCCCCC(=O)O[C@H](COC(=O)CCC/C=C/C/C=C/CCCCCCCCCCC)COP(=O)(O)OCCN. The average Bonchev–Trinajstić information content (AvgIpc) is 3.20. The maximum absolute atomic E-state index is 12.6. The van der Waals surface area contributed by atoms with E-state index < -0.39 is 32.5 Å². The number of nitrogens with two attached hydrogens (primary N) is 1. The molecule has 0 saturated carbocycles. The molecule has 10 heteroatoms. The van der Waals surface area contributed by atoms with E-state index in [0.717, 1.165) is 70.6 Å². The summed E-state index contributed by atoms with van der Waals surface area (Å²) in [5, 5.41) is 0. The summed E-state index contributed by atoms with van der Waals surface area (Å²) >= 11 is 0. The van der Waals surface area contributed by atoms with E-state index >= 15 is 0 Å². The number of phosphoric acid groups is 1. The standard InChI is InChI=1S/C47H80NO8P/c1-3-5-7-9-11-13-15-17-19-21-22-24-26-28-30-32-34-36-38-40-47(50)56-45(44-55-57(51,52)54-42-41-48)43-53-46(49)39-37-35-33-31-29-27-25-23-20-18-16-14-12-10-8-6-4-2/h5,7,11,13,17,19,22,24-25,27-28,30-31,33,45H,3-4,6,8-10,12,14-16,18,20-21,23,26,29,32,34-44,48H2,1-2H3,(H,51,52)/b7-5+,13-11+,19-17+,24-22+,27-25+,30-28+,33-31+/t45-/m1/s1. The molecule has 9 nitrogen and oxygen atoms in total. The van der Waals surface area contributed by atoms with Crippen LogP contribution in [0.1, 0.15) is 168 Å². The molecule has 0 aromatic carbocycles. The molecule has 0 amide bonds. The first-order valence-corrected chi connectivity index (χ1v) is 23.6. The molecular formula is C47H80NO8P. The minimum absolute atomic E-state index is 0.0380. The average molecular weight is 818 g/mol. The Morgan fingerprint density at radius 1 is 0.544 bits per heavy atom. The van der Waals surface area contributed by atoms with Crippen LogP contribution in [0.2, 0.25) is 0 Å². The Labute approximate surface area is 347 Å². The van der Waals surface area contributed by atoms with Crippen molar-refractivity contribution in [2.45, 2.75) is 174 Å². The van der Waals surface area contributed by atoms with Crippen LogP contribution in [0.3, 0.4) is 0 Å². The highest BCUT2D eigenvalue weighted by Crippen LogP contribution is 2.43. The van der Waals surface area contributed by atoms with Gasteiger partial charge in [-0.15, -0.1) is 0 Å². The van der Waals surface area contributed by atoms with Gasteiger partial charge in [-0.3, -0.25) is 18.6 Å². The van der Waals surface area contributed by atoms with Gasteiger partial charge in [-0.2, -0.15) is 0 Å². The number of carbonyl (C=O) groups is 2. The molecule has 0 aliphatic rings. The molecule has 0 aromatic heterocycles. The molecule has 0 radical (unpaired) electrons. The fraction of sp³-hybridized carbons (Fsp3) is 0.660. The van der Waals surface area contributed by atoms with Crippen LogP contribution in [-0.2, 0) is 32.7 Å². The van der Waals surface area contributed by atoms with Crippen LogP contribution in [0.25, 0.3) is 0 Å². The van der Waals surface area contributed by atoms with Gasteiger partial charge in [-0.1, -0.05) is 157 Å². The maximum Gasteiger partial charge on any atom is 0.472 e. The van der Waals surface area contributed by atoms with E-state index in [1.807, 2.05) is 0 Å². The number of rotatable bonds is 40. The highest BCUT2D eigenvalue weighted by molar-refractivity contribution is 7.47. The van der Waals surface area contributed by atoms with E-state index in [-0.39, 0.29) is 32.6 Å². The van der Waals surface area contributed by atoms with Crippen molar-refractivity contribution in [1.82, 2.24) is 0 Å². The summed E-state index contributed by atoms with van der Waals surface area (Å²) in [5.41, 5.74) is 5.34. The Kier molecular flexibility index (Phi) is 40.7. The molecule has 0 bridgehead atoms. The van der Waals surface area contributed by atoms with Crippen LogP contribution < -0.4 is 5.73 Å². The van der Waals surface area contributed by atoms with E-state index in [2.05, 4.69) is 98.9 Å². The largest absolute Gasteiger partial charge is 0.472 e. The van der Waals surface area contributed by atoms with Crippen LogP contribution in [0.4, 0.5) is 0 Å². The van der Waals surface area contributed by atoms with Crippen molar-refractivity contribution in [1.29, 1.82) is 0 Å². The minimum Gasteiger partial charge on any atom is -0.462 e. The quantitative estimate of drug-likeness (QED) is 0.0268. The summed E-state index contributed by atoms with van der Waals surface area (Å²) < 4.78 is 32.7. The lowest BCUT2D eigenvalue weighted by Crippen LogP contribution is -2.29. The molecule has 0 rings (SSSR count).